The number of nitrogens with one attached hydrogen (secondary N) is 2. The number of H-pyrrole nitrogens is 1. The molecule has 2 aromatic carbocycles. The van der Waals surface area contributed by atoms with Crippen LogP contribution in [-0.4, -0.2) is 33.9 Å². The Hall–Kier alpha value is -2.99. The summed E-state index contributed by atoms with van der Waals surface area (Å²) in [6.07, 6.45) is 0. The number of likely N-dealkylation sites (N-methyl/N-ethyl adjacent to an activating group) is 1. The van der Waals surface area contributed by atoms with E-state index in [-0.39, 0.29) is 17.5 Å². The van der Waals surface area contributed by atoms with Gasteiger partial charge in [-0.1, -0.05) is 42.5 Å². The van der Waals surface area contributed by atoms with Crippen LogP contribution < -0.4 is 10.9 Å². The van der Waals surface area contributed by atoms with E-state index in [1.54, 1.807) is 6.07 Å². The standard InChI is InChI=1S/C20H22N4O2/c1-14(19(25)21-12-15-8-4-3-5-9-15)24(2)13-18-22-17-11-7-6-10-16(17)20(26)23-18/h3-11,14H,12-13H2,1-2H3,(H,21,25)(H,22,23,26). The van der Waals surface area contributed by atoms with Crippen molar-refractivity contribution >= 4 is 16.8 Å². The van der Waals surface area contributed by atoms with Gasteiger partial charge in [0.2, 0.25) is 5.91 Å². The molecule has 134 valence electrons. The molecule has 3 rings (SSSR count). The molecule has 1 atom stereocenters. The van der Waals surface area contributed by atoms with Crippen LogP contribution in [0.25, 0.3) is 10.9 Å². The maximum atomic E-state index is 12.4. The van der Waals surface area contributed by atoms with Gasteiger partial charge < -0.3 is 10.3 Å². The summed E-state index contributed by atoms with van der Waals surface area (Å²) in [5.74, 6) is 0.471. The number of carbonyl (C=O) groups is 1. The molecule has 0 aliphatic heterocycles. The number of amides is 1. The van der Waals surface area contributed by atoms with E-state index in [1.807, 2.05) is 67.4 Å². The Kier molecular flexibility index (Phi) is 5.43. The third-order valence-electron chi connectivity index (χ3n) is 4.41. The van der Waals surface area contributed by atoms with Crippen molar-refractivity contribution in [3.8, 4) is 0 Å². The van der Waals surface area contributed by atoms with Crippen LogP contribution in [0.3, 0.4) is 0 Å². The summed E-state index contributed by atoms with van der Waals surface area (Å²) < 4.78 is 0. The molecule has 26 heavy (non-hydrogen) atoms. The van der Waals surface area contributed by atoms with Crippen molar-refractivity contribution in [3.63, 3.8) is 0 Å². The molecule has 0 bridgehead atoms. The van der Waals surface area contributed by atoms with E-state index >= 15 is 0 Å². The smallest absolute Gasteiger partial charge is 0.258 e. The highest BCUT2D eigenvalue weighted by molar-refractivity contribution is 5.81. The van der Waals surface area contributed by atoms with Crippen molar-refractivity contribution in [2.75, 3.05) is 7.05 Å². The first kappa shape index (κ1) is 17.8. The van der Waals surface area contributed by atoms with Crippen LogP contribution in [0, 0.1) is 0 Å². The van der Waals surface area contributed by atoms with Crippen molar-refractivity contribution in [1.82, 2.24) is 20.2 Å². The largest absolute Gasteiger partial charge is 0.351 e. The molecule has 0 fully saturated rings. The number of aromatic nitrogens is 2. The number of aromatic amines is 1. The fourth-order valence-corrected chi connectivity index (χ4v) is 2.72. The number of nitrogens with zero attached hydrogens (tertiary/aromatic N) is 2. The minimum Gasteiger partial charge on any atom is -0.351 e. The molecule has 6 heteroatoms. The van der Waals surface area contributed by atoms with Gasteiger partial charge >= 0.3 is 0 Å². The number of hydrogen-bond donors (Lipinski definition) is 2. The van der Waals surface area contributed by atoms with E-state index in [4.69, 9.17) is 0 Å². The summed E-state index contributed by atoms with van der Waals surface area (Å²) in [6, 6.07) is 16.6. The van der Waals surface area contributed by atoms with Crippen molar-refractivity contribution in [2.24, 2.45) is 0 Å². The van der Waals surface area contributed by atoms with Crippen molar-refractivity contribution in [2.45, 2.75) is 26.1 Å². The maximum Gasteiger partial charge on any atom is 0.258 e. The Labute approximate surface area is 151 Å². The number of para-hydroxylation sites is 1. The number of hydrogen-bond acceptors (Lipinski definition) is 4. The average Bonchev–Trinajstić information content (AvgIpc) is 2.66. The van der Waals surface area contributed by atoms with E-state index in [0.717, 1.165) is 5.56 Å². The van der Waals surface area contributed by atoms with E-state index in [1.165, 1.54) is 0 Å². The Balaban J connectivity index is 1.64. The normalized spacial score (nSPS) is 12.3. The van der Waals surface area contributed by atoms with Gasteiger partial charge in [-0.3, -0.25) is 14.5 Å². The second kappa shape index (κ2) is 7.93. The van der Waals surface area contributed by atoms with Crippen LogP contribution in [0.15, 0.2) is 59.4 Å². The Morgan fingerprint density at radius 2 is 1.85 bits per heavy atom. The van der Waals surface area contributed by atoms with Crippen LogP contribution in [0.2, 0.25) is 0 Å². The fraction of sp³-hybridized carbons (Fsp3) is 0.250. The first-order chi connectivity index (χ1) is 12.5. The molecule has 2 N–H and O–H groups in total. The first-order valence-electron chi connectivity index (χ1n) is 8.54. The van der Waals surface area contributed by atoms with Gasteiger partial charge in [-0.15, -0.1) is 0 Å². The molecule has 0 aliphatic carbocycles. The van der Waals surface area contributed by atoms with Gasteiger partial charge in [0.1, 0.15) is 5.82 Å². The molecule has 3 aromatic rings. The Morgan fingerprint density at radius 1 is 1.15 bits per heavy atom. The van der Waals surface area contributed by atoms with E-state index < -0.39 is 0 Å². The van der Waals surface area contributed by atoms with Gasteiger partial charge in [0, 0.05) is 6.54 Å². The van der Waals surface area contributed by atoms with Crippen molar-refractivity contribution in [3.05, 3.63) is 76.3 Å². The molecule has 0 saturated heterocycles. The fourth-order valence-electron chi connectivity index (χ4n) is 2.72. The zero-order valence-corrected chi connectivity index (χ0v) is 14.9. The quantitative estimate of drug-likeness (QED) is 0.713. The molecule has 6 nitrogen and oxygen atoms in total. The van der Waals surface area contributed by atoms with Gasteiger partial charge in [-0.2, -0.15) is 0 Å². The lowest BCUT2D eigenvalue weighted by Crippen LogP contribution is -2.43. The molecule has 1 aromatic heterocycles. The highest BCUT2D eigenvalue weighted by Crippen LogP contribution is 2.08. The third kappa shape index (κ3) is 4.15. The molecule has 0 spiro atoms. The van der Waals surface area contributed by atoms with Crippen molar-refractivity contribution < 1.29 is 4.79 Å². The van der Waals surface area contributed by atoms with Crippen LogP contribution >= 0.6 is 0 Å². The van der Waals surface area contributed by atoms with Crippen LogP contribution in [0.1, 0.15) is 18.3 Å². The number of carbonyl (C=O) groups excluding carboxylic acids is 1. The highest BCUT2D eigenvalue weighted by Gasteiger charge is 2.19. The van der Waals surface area contributed by atoms with E-state index in [2.05, 4.69) is 15.3 Å². The van der Waals surface area contributed by atoms with Crippen LogP contribution in [0.4, 0.5) is 0 Å². The zero-order valence-electron chi connectivity index (χ0n) is 14.9. The maximum absolute atomic E-state index is 12.4. The van der Waals surface area contributed by atoms with Gasteiger partial charge in [0.05, 0.1) is 23.5 Å². The Bertz CT molecular complexity index is 953. The first-order valence-corrected chi connectivity index (χ1v) is 8.54. The lowest BCUT2D eigenvalue weighted by Gasteiger charge is -2.23. The van der Waals surface area contributed by atoms with Gasteiger partial charge in [-0.05, 0) is 31.7 Å². The second-order valence-corrected chi connectivity index (χ2v) is 6.32. The molecule has 1 heterocycles. The summed E-state index contributed by atoms with van der Waals surface area (Å²) in [5.41, 5.74) is 1.54. The second-order valence-electron chi connectivity index (χ2n) is 6.32. The van der Waals surface area contributed by atoms with Crippen LogP contribution in [-0.2, 0) is 17.9 Å². The van der Waals surface area contributed by atoms with Crippen LogP contribution in [0.5, 0.6) is 0 Å². The summed E-state index contributed by atoms with van der Waals surface area (Å²) in [7, 11) is 1.84. The molecule has 1 unspecified atom stereocenters. The lowest BCUT2D eigenvalue weighted by molar-refractivity contribution is -0.125. The number of fused-ring (bicyclic) bond motifs is 1. The molecule has 0 aliphatic rings. The number of rotatable bonds is 6. The van der Waals surface area contributed by atoms with Gasteiger partial charge in [0.25, 0.3) is 5.56 Å². The summed E-state index contributed by atoms with van der Waals surface area (Å²) in [5, 5.41) is 3.50. The summed E-state index contributed by atoms with van der Waals surface area (Å²) in [4.78, 5) is 33.7. The monoisotopic (exact) mass is 350 g/mol. The van der Waals surface area contributed by atoms with Crippen molar-refractivity contribution in [1.29, 1.82) is 0 Å². The molecule has 1 amide bonds. The summed E-state index contributed by atoms with van der Waals surface area (Å²) in [6.45, 7) is 2.70. The zero-order chi connectivity index (χ0) is 18.5. The molecule has 0 saturated carbocycles. The average molecular weight is 350 g/mol. The predicted octanol–water partition coefficient (Wildman–Crippen LogP) is 2.06. The highest BCUT2D eigenvalue weighted by atomic mass is 16.2. The van der Waals surface area contributed by atoms with E-state index in [0.29, 0.717) is 29.8 Å². The van der Waals surface area contributed by atoms with Gasteiger partial charge in [0.15, 0.2) is 0 Å². The lowest BCUT2D eigenvalue weighted by atomic mass is 10.2. The SMILES string of the molecule is CC(C(=O)NCc1ccccc1)N(C)Cc1nc2ccccc2c(=O)[nH]1. The Morgan fingerprint density at radius 3 is 2.62 bits per heavy atom. The minimum absolute atomic E-state index is 0.0699. The summed E-state index contributed by atoms with van der Waals surface area (Å²) >= 11 is 0. The molecular formula is C20H22N4O2. The van der Waals surface area contributed by atoms with Gasteiger partial charge in [-0.25, -0.2) is 4.98 Å². The minimum atomic E-state index is -0.351. The topological polar surface area (TPSA) is 78.1 Å². The number of benzene rings is 2. The molecular weight excluding hydrogens is 328 g/mol. The van der Waals surface area contributed by atoms with E-state index in [9.17, 15) is 9.59 Å². The third-order valence-corrected chi connectivity index (χ3v) is 4.41. The molecule has 0 radical (unpaired) electrons. The predicted molar refractivity (Wildman–Crippen MR) is 102 cm³/mol.